The number of likely N-dealkylation sites (N-methyl/N-ethyl adjacent to an activating group) is 1. The number of benzene rings is 1. The first kappa shape index (κ1) is 17.5. The van der Waals surface area contributed by atoms with Crippen molar-refractivity contribution in [3.05, 3.63) is 55.4 Å². The predicted molar refractivity (Wildman–Crippen MR) is 101 cm³/mol. The molecule has 0 bridgehead atoms. The van der Waals surface area contributed by atoms with Crippen LogP contribution in [0.15, 0.2) is 34.4 Å². The number of hydrogen-bond donors (Lipinski definition) is 2. The van der Waals surface area contributed by atoms with Gasteiger partial charge in [-0.15, -0.1) is 11.3 Å². The quantitative estimate of drug-likeness (QED) is 0.662. The van der Waals surface area contributed by atoms with E-state index in [0.717, 1.165) is 40.0 Å². The summed E-state index contributed by atoms with van der Waals surface area (Å²) in [6.07, 6.45) is 0.516. The van der Waals surface area contributed by atoms with Gasteiger partial charge in [0.1, 0.15) is 12.4 Å². The summed E-state index contributed by atoms with van der Waals surface area (Å²) in [7, 11) is 2.00. The first-order valence-electron chi connectivity index (χ1n) is 7.77. The molecule has 8 heteroatoms. The molecular formula is C17H19N3O3S2. The summed E-state index contributed by atoms with van der Waals surface area (Å²) in [5.74, 6) is 0.745. The van der Waals surface area contributed by atoms with Gasteiger partial charge < -0.3 is 14.7 Å². The number of aromatic hydroxyl groups is 1. The van der Waals surface area contributed by atoms with E-state index in [4.69, 9.17) is 4.74 Å². The average Bonchev–Trinajstić information content (AvgIpc) is 3.14. The zero-order valence-corrected chi connectivity index (χ0v) is 15.6. The van der Waals surface area contributed by atoms with Gasteiger partial charge in [-0.05, 0) is 24.6 Å². The van der Waals surface area contributed by atoms with Gasteiger partial charge in [-0.25, -0.2) is 4.98 Å². The molecule has 2 heterocycles. The maximum absolute atomic E-state index is 11.2. The molecule has 0 aliphatic heterocycles. The largest absolute Gasteiger partial charge is 0.494 e. The van der Waals surface area contributed by atoms with Crippen molar-refractivity contribution in [1.29, 1.82) is 0 Å². The first-order valence-corrected chi connectivity index (χ1v) is 9.47. The lowest BCUT2D eigenvalue weighted by atomic mass is 10.1. The summed E-state index contributed by atoms with van der Waals surface area (Å²) in [5.41, 5.74) is 2.04. The average molecular weight is 377 g/mol. The van der Waals surface area contributed by atoms with Gasteiger partial charge in [0.05, 0.1) is 17.1 Å². The monoisotopic (exact) mass is 377 g/mol. The Kier molecular flexibility index (Phi) is 5.40. The fourth-order valence-corrected chi connectivity index (χ4v) is 3.83. The molecule has 2 N–H and O–H groups in total. The topological polar surface area (TPSA) is 78.5 Å². The highest BCUT2D eigenvalue weighted by atomic mass is 32.1. The van der Waals surface area contributed by atoms with Gasteiger partial charge in [-0.2, -0.15) is 0 Å². The second-order valence-corrected chi connectivity index (χ2v) is 7.55. The highest BCUT2D eigenvalue weighted by molar-refractivity contribution is 7.13. The van der Waals surface area contributed by atoms with Gasteiger partial charge in [0.25, 0.3) is 0 Å². The standard InChI is InChI=1S/C17H19N3O3S2/c1-11-10-24-16(18-11)20(2)7-8-23-13-5-3-12(4-6-13)9-14-15(21)19-17(22)25-14/h3-6,10,21H,7-9H2,1-2H3,(H,19,22). The van der Waals surface area contributed by atoms with E-state index in [1.807, 2.05) is 43.6 Å². The number of nitrogens with zero attached hydrogens (tertiary/aromatic N) is 2. The zero-order chi connectivity index (χ0) is 17.8. The van der Waals surface area contributed by atoms with E-state index in [1.165, 1.54) is 0 Å². The van der Waals surface area contributed by atoms with Crippen LogP contribution in [0.1, 0.15) is 16.1 Å². The van der Waals surface area contributed by atoms with Gasteiger partial charge in [-0.1, -0.05) is 23.5 Å². The number of thiazole rings is 2. The normalized spacial score (nSPS) is 10.8. The number of aryl methyl sites for hydroxylation is 1. The molecule has 0 unspecified atom stereocenters. The van der Waals surface area contributed by atoms with Crippen LogP contribution in [0.5, 0.6) is 11.6 Å². The maximum Gasteiger partial charge on any atom is 0.307 e. The summed E-state index contributed by atoms with van der Waals surface area (Å²) in [5, 5.41) is 12.7. The minimum atomic E-state index is -0.244. The summed E-state index contributed by atoms with van der Waals surface area (Å²) in [6.45, 7) is 3.30. The number of aromatic nitrogens is 2. The lowest BCUT2D eigenvalue weighted by molar-refractivity contribution is 0.326. The smallest absolute Gasteiger partial charge is 0.307 e. The Hall–Kier alpha value is -2.32. The molecule has 2 aromatic heterocycles. The Morgan fingerprint density at radius 3 is 2.68 bits per heavy atom. The molecule has 0 spiro atoms. The first-order chi connectivity index (χ1) is 12.0. The highest BCUT2D eigenvalue weighted by Gasteiger charge is 2.08. The number of aromatic amines is 1. The third-order valence-electron chi connectivity index (χ3n) is 3.62. The molecule has 132 valence electrons. The minimum absolute atomic E-state index is 0.0456. The molecule has 25 heavy (non-hydrogen) atoms. The Morgan fingerprint density at radius 1 is 1.32 bits per heavy atom. The van der Waals surface area contributed by atoms with Crippen molar-refractivity contribution in [3.63, 3.8) is 0 Å². The number of hydrogen-bond acceptors (Lipinski definition) is 7. The molecule has 0 saturated heterocycles. The fraction of sp³-hybridized carbons (Fsp3) is 0.294. The zero-order valence-electron chi connectivity index (χ0n) is 14.0. The third-order valence-corrected chi connectivity index (χ3v) is 5.56. The summed E-state index contributed by atoms with van der Waals surface area (Å²) in [6, 6.07) is 7.67. The van der Waals surface area contributed by atoms with Crippen molar-refractivity contribution in [1.82, 2.24) is 9.97 Å². The van der Waals surface area contributed by atoms with Crippen molar-refractivity contribution in [2.45, 2.75) is 13.3 Å². The van der Waals surface area contributed by atoms with E-state index < -0.39 is 0 Å². The molecule has 0 saturated carbocycles. The van der Waals surface area contributed by atoms with Crippen LogP contribution in [0.2, 0.25) is 0 Å². The SMILES string of the molecule is Cc1csc(N(C)CCOc2ccc(Cc3sc(=O)[nH]c3O)cc2)n1. The molecule has 3 aromatic rings. The second-order valence-electron chi connectivity index (χ2n) is 5.65. The van der Waals surface area contributed by atoms with E-state index in [-0.39, 0.29) is 10.8 Å². The van der Waals surface area contributed by atoms with Crippen LogP contribution in [-0.2, 0) is 6.42 Å². The number of nitrogens with one attached hydrogen (secondary N) is 1. The molecule has 3 rings (SSSR count). The summed E-state index contributed by atoms with van der Waals surface area (Å²) >= 11 is 2.65. The Labute approximate surface area is 153 Å². The molecule has 0 atom stereocenters. The van der Waals surface area contributed by atoms with Crippen LogP contribution < -0.4 is 14.5 Å². The lowest BCUT2D eigenvalue weighted by Gasteiger charge is -2.16. The Bertz CT molecular complexity index is 883. The molecule has 0 aliphatic rings. The van der Waals surface area contributed by atoms with Gasteiger partial charge in [0, 0.05) is 18.8 Å². The molecule has 0 radical (unpaired) electrons. The van der Waals surface area contributed by atoms with Gasteiger partial charge in [0.15, 0.2) is 5.13 Å². The molecule has 0 fully saturated rings. The molecule has 0 aliphatic carbocycles. The number of rotatable bonds is 7. The van der Waals surface area contributed by atoms with E-state index in [2.05, 4.69) is 14.9 Å². The van der Waals surface area contributed by atoms with Crippen LogP contribution in [0.25, 0.3) is 0 Å². The summed E-state index contributed by atoms with van der Waals surface area (Å²) in [4.78, 5) is 20.5. The molecular weight excluding hydrogens is 358 g/mol. The van der Waals surface area contributed by atoms with Crippen LogP contribution in [0.3, 0.4) is 0 Å². The van der Waals surface area contributed by atoms with Crippen molar-refractivity contribution in [3.8, 4) is 11.6 Å². The Morgan fingerprint density at radius 2 is 2.08 bits per heavy atom. The van der Waals surface area contributed by atoms with E-state index in [1.54, 1.807) is 11.3 Å². The van der Waals surface area contributed by atoms with Crippen LogP contribution in [0.4, 0.5) is 5.13 Å². The van der Waals surface area contributed by atoms with E-state index >= 15 is 0 Å². The van der Waals surface area contributed by atoms with Crippen molar-refractivity contribution in [2.24, 2.45) is 0 Å². The van der Waals surface area contributed by atoms with Gasteiger partial charge >= 0.3 is 4.87 Å². The number of ether oxygens (including phenoxy) is 1. The second kappa shape index (κ2) is 7.71. The summed E-state index contributed by atoms with van der Waals surface area (Å²) < 4.78 is 5.77. The fourth-order valence-electron chi connectivity index (χ4n) is 2.27. The molecule has 0 amide bonds. The highest BCUT2D eigenvalue weighted by Crippen LogP contribution is 2.22. The number of anilines is 1. The number of H-pyrrole nitrogens is 1. The van der Waals surface area contributed by atoms with E-state index in [0.29, 0.717) is 17.9 Å². The lowest BCUT2D eigenvalue weighted by Crippen LogP contribution is -2.23. The third kappa shape index (κ3) is 4.61. The minimum Gasteiger partial charge on any atom is -0.494 e. The van der Waals surface area contributed by atoms with Crippen LogP contribution in [0, 0.1) is 6.92 Å². The van der Waals surface area contributed by atoms with E-state index in [9.17, 15) is 9.90 Å². The van der Waals surface area contributed by atoms with Crippen LogP contribution >= 0.6 is 22.7 Å². The molecule has 1 aromatic carbocycles. The molecule has 6 nitrogen and oxygen atoms in total. The van der Waals surface area contributed by atoms with Crippen molar-refractivity contribution in [2.75, 3.05) is 25.1 Å². The van der Waals surface area contributed by atoms with Crippen molar-refractivity contribution >= 4 is 27.8 Å². The van der Waals surface area contributed by atoms with Gasteiger partial charge in [-0.3, -0.25) is 9.78 Å². The van der Waals surface area contributed by atoms with Gasteiger partial charge in [0.2, 0.25) is 5.88 Å². The maximum atomic E-state index is 11.2. The predicted octanol–water partition coefficient (Wildman–Crippen LogP) is 3.01. The van der Waals surface area contributed by atoms with Crippen molar-refractivity contribution < 1.29 is 9.84 Å². The van der Waals surface area contributed by atoms with Crippen LogP contribution in [-0.4, -0.2) is 35.3 Å². The Balaban J connectivity index is 1.50.